The van der Waals surface area contributed by atoms with Crippen LogP contribution in [0.1, 0.15) is 30.5 Å². The van der Waals surface area contributed by atoms with Gasteiger partial charge in [0.1, 0.15) is 6.04 Å². The van der Waals surface area contributed by atoms with Crippen LogP contribution in [-0.2, 0) is 25.5 Å². The molecule has 7 nitrogen and oxygen atoms in total. The van der Waals surface area contributed by atoms with Crippen molar-refractivity contribution < 1.29 is 19.1 Å². The Morgan fingerprint density at radius 2 is 1.71 bits per heavy atom. The van der Waals surface area contributed by atoms with E-state index < -0.39 is 24.0 Å². The molecule has 0 aliphatic rings. The number of benzene rings is 2. The lowest BCUT2D eigenvalue weighted by atomic mass is 10.0. The normalized spacial score (nSPS) is 12.8. The van der Waals surface area contributed by atoms with Gasteiger partial charge in [-0.05, 0) is 43.5 Å². The number of aromatic amines is 1. The summed E-state index contributed by atoms with van der Waals surface area (Å²) >= 11 is 0. The molecule has 2 amide bonds. The molecular weight excluding hydrogens is 394 g/mol. The molecule has 0 bridgehead atoms. The summed E-state index contributed by atoms with van der Waals surface area (Å²) in [6.45, 7) is 6.64. The summed E-state index contributed by atoms with van der Waals surface area (Å²) in [5, 5.41) is 6.42. The first kappa shape index (κ1) is 22.1. The van der Waals surface area contributed by atoms with Gasteiger partial charge in [0, 0.05) is 36.1 Å². The molecule has 2 aromatic carbocycles. The SMILES string of the molecule is CC(=O)N[C@@H](Cc1c[nH]c2ccccc12)C(=O)O[C@@H](C)C(=O)Nc1c(C)cccc1C. The number of ether oxygens (including phenoxy) is 1. The summed E-state index contributed by atoms with van der Waals surface area (Å²) in [4.78, 5) is 40.3. The van der Waals surface area contributed by atoms with Gasteiger partial charge in [0.15, 0.2) is 6.10 Å². The molecule has 0 aliphatic carbocycles. The molecule has 2 atom stereocenters. The molecule has 1 aromatic heterocycles. The van der Waals surface area contributed by atoms with E-state index in [1.54, 1.807) is 0 Å². The number of amides is 2. The van der Waals surface area contributed by atoms with Gasteiger partial charge in [-0.15, -0.1) is 0 Å². The fourth-order valence-corrected chi connectivity index (χ4v) is 3.51. The Balaban J connectivity index is 1.71. The number of aromatic nitrogens is 1. The van der Waals surface area contributed by atoms with Gasteiger partial charge in [-0.2, -0.15) is 0 Å². The number of aryl methyl sites for hydroxylation is 2. The maximum Gasteiger partial charge on any atom is 0.329 e. The number of carbonyl (C=O) groups excluding carboxylic acids is 3. The molecule has 3 N–H and O–H groups in total. The minimum absolute atomic E-state index is 0.244. The molecule has 3 aromatic rings. The minimum Gasteiger partial charge on any atom is -0.451 e. The number of hydrogen-bond acceptors (Lipinski definition) is 4. The minimum atomic E-state index is -1.02. The number of nitrogens with one attached hydrogen (secondary N) is 3. The highest BCUT2D eigenvalue weighted by molar-refractivity contribution is 5.97. The third-order valence-corrected chi connectivity index (χ3v) is 5.15. The first-order valence-electron chi connectivity index (χ1n) is 10.2. The standard InChI is InChI=1S/C24H27N3O4/c1-14-8-7-9-15(2)22(14)27-23(29)16(3)31-24(30)21(26-17(4)28)12-18-13-25-20-11-6-5-10-19(18)20/h5-11,13,16,21,25H,12H2,1-4H3,(H,26,28)(H,27,29)/t16-,21-/m0/s1. The second kappa shape index (κ2) is 9.47. The highest BCUT2D eigenvalue weighted by Crippen LogP contribution is 2.21. The summed E-state index contributed by atoms with van der Waals surface area (Å²) in [5.74, 6) is -1.45. The zero-order valence-electron chi connectivity index (χ0n) is 18.1. The van der Waals surface area contributed by atoms with Gasteiger partial charge in [-0.3, -0.25) is 9.59 Å². The first-order chi connectivity index (χ1) is 14.8. The Labute approximate surface area is 181 Å². The van der Waals surface area contributed by atoms with E-state index in [0.717, 1.165) is 27.6 Å². The fraction of sp³-hybridized carbons (Fsp3) is 0.292. The molecular formula is C24H27N3O4. The number of carbonyl (C=O) groups is 3. The lowest BCUT2D eigenvalue weighted by molar-refractivity contribution is -0.156. The number of esters is 1. The molecule has 31 heavy (non-hydrogen) atoms. The van der Waals surface area contributed by atoms with Crippen molar-refractivity contribution in [3.05, 3.63) is 65.4 Å². The second-order valence-electron chi connectivity index (χ2n) is 7.65. The quantitative estimate of drug-likeness (QED) is 0.509. The van der Waals surface area contributed by atoms with Crippen molar-refractivity contribution in [2.75, 3.05) is 5.32 Å². The molecule has 0 saturated heterocycles. The van der Waals surface area contributed by atoms with Crippen molar-refractivity contribution in [2.24, 2.45) is 0 Å². The Morgan fingerprint density at radius 3 is 2.39 bits per heavy atom. The van der Waals surface area contributed by atoms with Crippen LogP contribution >= 0.6 is 0 Å². The fourth-order valence-electron chi connectivity index (χ4n) is 3.51. The number of fused-ring (bicyclic) bond motifs is 1. The van der Waals surface area contributed by atoms with E-state index in [4.69, 9.17) is 4.74 Å². The van der Waals surface area contributed by atoms with Gasteiger partial charge in [0.2, 0.25) is 5.91 Å². The van der Waals surface area contributed by atoms with Crippen molar-refractivity contribution in [2.45, 2.75) is 46.3 Å². The molecule has 0 unspecified atom stereocenters. The summed E-state index contributed by atoms with van der Waals surface area (Å²) in [5.41, 5.74) is 4.35. The van der Waals surface area contributed by atoms with Crippen LogP contribution in [0, 0.1) is 13.8 Å². The number of rotatable bonds is 7. The van der Waals surface area contributed by atoms with Crippen molar-refractivity contribution in [3.8, 4) is 0 Å². The monoisotopic (exact) mass is 421 g/mol. The molecule has 1 heterocycles. The van der Waals surface area contributed by atoms with E-state index in [2.05, 4.69) is 15.6 Å². The molecule has 0 saturated carbocycles. The van der Waals surface area contributed by atoms with Crippen LogP contribution in [0.15, 0.2) is 48.7 Å². The van der Waals surface area contributed by atoms with Gasteiger partial charge in [-0.1, -0.05) is 36.4 Å². The summed E-state index contributed by atoms with van der Waals surface area (Å²) in [6.07, 6.45) is 1.03. The topological polar surface area (TPSA) is 100 Å². The van der Waals surface area contributed by atoms with Crippen LogP contribution in [-0.4, -0.2) is 34.9 Å². The van der Waals surface area contributed by atoms with Crippen molar-refractivity contribution in [1.82, 2.24) is 10.3 Å². The highest BCUT2D eigenvalue weighted by Gasteiger charge is 2.27. The number of H-pyrrole nitrogens is 1. The first-order valence-corrected chi connectivity index (χ1v) is 10.2. The van der Waals surface area contributed by atoms with Crippen LogP contribution in [0.3, 0.4) is 0 Å². The zero-order valence-corrected chi connectivity index (χ0v) is 18.1. The maximum atomic E-state index is 12.8. The lowest BCUT2D eigenvalue weighted by Gasteiger charge is -2.20. The van der Waals surface area contributed by atoms with Crippen molar-refractivity contribution >= 4 is 34.4 Å². The second-order valence-corrected chi connectivity index (χ2v) is 7.65. The average molecular weight is 421 g/mol. The van der Waals surface area contributed by atoms with Crippen LogP contribution in [0.25, 0.3) is 10.9 Å². The molecule has 0 aliphatic heterocycles. The highest BCUT2D eigenvalue weighted by atomic mass is 16.5. The Bertz CT molecular complexity index is 1100. The van der Waals surface area contributed by atoms with E-state index in [0.29, 0.717) is 5.69 Å². The van der Waals surface area contributed by atoms with Gasteiger partial charge in [0.25, 0.3) is 5.91 Å². The van der Waals surface area contributed by atoms with E-state index in [-0.39, 0.29) is 12.3 Å². The molecule has 0 radical (unpaired) electrons. The maximum absolute atomic E-state index is 12.8. The van der Waals surface area contributed by atoms with Crippen LogP contribution < -0.4 is 10.6 Å². The van der Waals surface area contributed by atoms with Gasteiger partial charge in [0.05, 0.1) is 0 Å². The third-order valence-electron chi connectivity index (χ3n) is 5.15. The largest absolute Gasteiger partial charge is 0.451 e. The van der Waals surface area contributed by atoms with Gasteiger partial charge < -0.3 is 20.4 Å². The third kappa shape index (κ3) is 5.31. The summed E-state index contributed by atoms with van der Waals surface area (Å²) in [6, 6.07) is 12.5. The van der Waals surface area contributed by atoms with Crippen LogP contribution in [0.5, 0.6) is 0 Å². The number of hydrogen-bond donors (Lipinski definition) is 3. The Kier molecular flexibility index (Phi) is 6.74. The lowest BCUT2D eigenvalue weighted by Crippen LogP contribution is -2.44. The average Bonchev–Trinajstić information content (AvgIpc) is 3.12. The summed E-state index contributed by atoms with van der Waals surface area (Å²) < 4.78 is 5.41. The molecule has 0 spiro atoms. The van der Waals surface area contributed by atoms with E-state index in [9.17, 15) is 14.4 Å². The Hall–Kier alpha value is -3.61. The molecule has 7 heteroatoms. The molecule has 162 valence electrons. The predicted molar refractivity (Wildman–Crippen MR) is 120 cm³/mol. The molecule has 3 rings (SSSR count). The van der Waals surface area contributed by atoms with E-state index in [1.807, 2.05) is 62.5 Å². The van der Waals surface area contributed by atoms with E-state index in [1.165, 1.54) is 13.8 Å². The van der Waals surface area contributed by atoms with Crippen LogP contribution in [0.4, 0.5) is 5.69 Å². The Morgan fingerprint density at radius 1 is 1.03 bits per heavy atom. The van der Waals surface area contributed by atoms with Crippen molar-refractivity contribution in [1.29, 1.82) is 0 Å². The van der Waals surface area contributed by atoms with Gasteiger partial charge >= 0.3 is 5.97 Å². The smallest absolute Gasteiger partial charge is 0.329 e. The number of para-hydroxylation sites is 2. The van der Waals surface area contributed by atoms with Gasteiger partial charge in [-0.25, -0.2) is 4.79 Å². The summed E-state index contributed by atoms with van der Waals surface area (Å²) in [7, 11) is 0. The zero-order chi connectivity index (χ0) is 22.5. The predicted octanol–water partition coefficient (Wildman–Crippen LogP) is 3.40. The molecule has 0 fully saturated rings. The van der Waals surface area contributed by atoms with Crippen LogP contribution in [0.2, 0.25) is 0 Å². The van der Waals surface area contributed by atoms with E-state index >= 15 is 0 Å². The number of anilines is 1. The van der Waals surface area contributed by atoms with Crippen molar-refractivity contribution in [3.63, 3.8) is 0 Å².